The number of nitrogens with one attached hydrogen (secondary N) is 3. The Morgan fingerprint density at radius 2 is 1.73 bits per heavy atom. The minimum absolute atomic E-state index is 0.105. The van der Waals surface area contributed by atoms with Crippen LogP contribution in [0.25, 0.3) is 0 Å². The van der Waals surface area contributed by atoms with Gasteiger partial charge in [-0.25, -0.2) is 0 Å². The van der Waals surface area contributed by atoms with E-state index in [1.807, 2.05) is 48.5 Å². The molecule has 3 N–H and O–H groups in total. The summed E-state index contributed by atoms with van der Waals surface area (Å²) in [7, 11) is 0. The van der Waals surface area contributed by atoms with E-state index in [-0.39, 0.29) is 35.3 Å². The Hall–Kier alpha value is -2.32. The van der Waals surface area contributed by atoms with Gasteiger partial charge in [0.05, 0.1) is 11.5 Å². The molecule has 2 aromatic carbocycles. The minimum atomic E-state index is -0.628. The van der Waals surface area contributed by atoms with Gasteiger partial charge in [0.25, 0.3) is 0 Å². The van der Waals surface area contributed by atoms with E-state index in [1.54, 1.807) is 6.07 Å². The summed E-state index contributed by atoms with van der Waals surface area (Å²) in [5.74, 6) is -0.349. The van der Waals surface area contributed by atoms with Crippen LogP contribution in [0.15, 0.2) is 59.1 Å². The molecule has 2 aromatic rings. The normalized spacial score (nSPS) is 13.9. The van der Waals surface area contributed by atoms with E-state index in [0.717, 1.165) is 22.9 Å². The molecule has 1 atom stereocenters. The molecule has 0 aliphatic heterocycles. The molecule has 0 saturated heterocycles. The monoisotopic (exact) mass is 489 g/mol. The van der Waals surface area contributed by atoms with Crippen LogP contribution in [-0.2, 0) is 20.8 Å². The molecule has 1 saturated carbocycles. The van der Waals surface area contributed by atoms with Crippen LogP contribution in [0.5, 0.6) is 0 Å². The van der Waals surface area contributed by atoms with E-state index >= 15 is 0 Å². The fraction of sp³-hybridized carbons (Fsp3) is 0.318. The second kappa shape index (κ2) is 11.2. The van der Waals surface area contributed by atoms with Crippen molar-refractivity contribution >= 4 is 51.1 Å². The highest BCUT2D eigenvalue weighted by molar-refractivity contribution is 9.10. The number of halogens is 1. The molecule has 0 spiro atoms. The lowest BCUT2D eigenvalue weighted by Gasteiger charge is -2.18. The van der Waals surface area contributed by atoms with Gasteiger partial charge in [-0.1, -0.05) is 52.3 Å². The maximum Gasteiger partial charge on any atom is 0.243 e. The maximum absolute atomic E-state index is 12.5. The van der Waals surface area contributed by atoms with Gasteiger partial charge in [0.15, 0.2) is 0 Å². The van der Waals surface area contributed by atoms with Gasteiger partial charge in [0, 0.05) is 22.6 Å². The molecule has 6 nitrogen and oxygen atoms in total. The van der Waals surface area contributed by atoms with E-state index in [0.29, 0.717) is 12.1 Å². The summed E-state index contributed by atoms with van der Waals surface area (Å²) < 4.78 is 0.876. The largest absolute Gasteiger partial charge is 0.352 e. The summed E-state index contributed by atoms with van der Waals surface area (Å²) in [5, 5.41) is 8.57. The second-order valence-corrected chi connectivity index (χ2v) is 9.05. The van der Waals surface area contributed by atoms with E-state index in [2.05, 4.69) is 31.9 Å². The van der Waals surface area contributed by atoms with Crippen molar-refractivity contribution in [2.24, 2.45) is 0 Å². The Labute approximate surface area is 188 Å². The molecule has 0 bridgehead atoms. The molecule has 158 valence electrons. The molecule has 1 aliphatic rings. The van der Waals surface area contributed by atoms with Crippen molar-refractivity contribution in [2.75, 3.05) is 16.8 Å². The zero-order valence-electron chi connectivity index (χ0n) is 16.4. The number of amides is 3. The van der Waals surface area contributed by atoms with Crippen LogP contribution in [0.3, 0.4) is 0 Å². The Balaban J connectivity index is 1.46. The lowest BCUT2D eigenvalue weighted by Crippen LogP contribution is -2.49. The van der Waals surface area contributed by atoms with Crippen LogP contribution in [0.1, 0.15) is 18.4 Å². The Bertz CT molecular complexity index is 890. The summed E-state index contributed by atoms with van der Waals surface area (Å²) in [5.41, 5.74) is 1.67. The van der Waals surface area contributed by atoms with Crippen LogP contribution < -0.4 is 16.0 Å². The molecule has 0 heterocycles. The van der Waals surface area contributed by atoms with Crippen molar-refractivity contribution < 1.29 is 14.4 Å². The first-order valence-corrected chi connectivity index (χ1v) is 11.7. The first-order chi connectivity index (χ1) is 14.5. The Morgan fingerprint density at radius 1 is 1.00 bits per heavy atom. The highest BCUT2D eigenvalue weighted by Crippen LogP contribution is 2.19. The SMILES string of the molecule is O=C(CSCC(=O)NC(Cc1ccccc1)C(=O)NC1CC1)Nc1cccc(Br)c1. The average molecular weight is 490 g/mol. The number of thioether (sulfide) groups is 1. The summed E-state index contributed by atoms with van der Waals surface area (Å²) in [4.78, 5) is 37.0. The highest BCUT2D eigenvalue weighted by Gasteiger charge is 2.28. The zero-order valence-corrected chi connectivity index (χ0v) is 18.8. The lowest BCUT2D eigenvalue weighted by atomic mass is 10.1. The first kappa shape index (κ1) is 22.4. The third-order valence-electron chi connectivity index (χ3n) is 4.43. The highest BCUT2D eigenvalue weighted by atomic mass is 79.9. The number of carbonyl (C=O) groups excluding carboxylic acids is 3. The fourth-order valence-electron chi connectivity index (χ4n) is 2.82. The molecule has 8 heteroatoms. The van der Waals surface area contributed by atoms with Gasteiger partial charge in [-0.3, -0.25) is 14.4 Å². The van der Waals surface area contributed by atoms with Gasteiger partial charge < -0.3 is 16.0 Å². The molecule has 1 aliphatic carbocycles. The molecule has 1 fully saturated rings. The second-order valence-electron chi connectivity index (χ2n) is 7.14. The average Bonchev–Trinajstić information content (AvgIpc) is 3.52. The predicted molar refractivity (Wildman–Crippen MR) is 123 cm³/mol. The maximum atomic E-state index is 12.5. The molecule has 3 rings (SSSR count). The quantitative estimate of drug-likeness (QED) is 0.478. The van der Waals surface area contributed by atoms with Crippen molar-refractivity contribution in [2.45, 2.75) is 31.3 Å². The van der Waals surface area contributed by atoms with Crippen molar-refractivity contribution in [1.29, 1.82) is 0 Å². The molecule has 3 amide bonds. The number of anilines is 1. The third kappa shape index (κ3) is 7.84. The van der Waals surface area contributed by atoms with Gasteiger partial charge >= 0.3 is 0 Å². The predicted octanol–water partition coefficient (Wildman–Crippen LogP) is 3.13. The molecule has 0 aromatic heterocycles. The van der Waals surface area contributed by atoms with Crippen LogP contribution in [0, 0.1) is 0 Å². The van der Waals surface area contributed by atoms with E-state index in [4.69, 9.17) is 0 Å². The third-order valence-corrected chi connectivity index (χ3v) is 5.86. The summed E-state index contributed by atoms with van der Waals surface area (Å²) in [6.45, 7) is 0. The van der Waals surface area contributed by atoms with E-state index in [9.17, 15) is 14.4 Å². The molecule has 0 radical (unpaired) electrons. The van der Waals surface area contributed by atoms with Crippen LogP contribution >= 0.6 is 27.7 Å². The van der Waals surface area contributed by atoms with Crippen molar-refractivity contribution in [3.8, 4) is 0 Å². The number of carbonyl (C=O) groups is 3. The summed E-state index contributed by atoms with van der Waals surface area (Å²) in [6, 6.07) is 16.5. The Morgan fingerprint density at radius 3 is 2.43 bits per heavy atom. The van der Waals surface area contributed by atoms with Gasteiger partial charge in [-0.05, 0) is 36.6 Å². The zero-order chi connectivity index (χ0) is 21.3. The molecular weight excluding hydrogens is 466 g/mol. The van der Waals surface area contributed by atoms with Gasteiger partial charge in [-0.2, -0.15) is 0 Å². The van der Waals surface area contributed by atoms with Crippen LogP contribution in [0.2, 0.25) is 0 Å². The number of benzene rings is 2. The number of hydrogen-bond acceptors (Lipinski definition) is 4. The summed E-state index contributed by atoms with van der Waals surface area (Å²) >= 11 is 4.57. The van der Waals surface area contributed by atoms with Crippen LogP contribution in [0.4, 0.5) is 5.69 Å². The Kier molecular flexibility index (Phi) is 8.33. The fourth-order valence-corrected chi connectivity index (χ4v) is 3.85. The molecular formula is C22H24BrN3O3S. The van der Waals surface area contributed by atoms with Gasteiger partial charge in [-0.15, -0.1) is 11.8 Å². The summed E-state index contributed by atoms with van der Waals surface area (Å²) in [6.07, 6.45) is 2.40. The molecule has 1 unspecified atom stereocenters. The standard InChI is InChI=1S/C22H24BrN3O3S/c23-16-7-4-8-18(12-16)24-20(27)13-30-14-21(28)26-19(22(29)25-17-9-10-17)11-15-5-2-1-3-6-15/h1-8,12,17,19H,9-11,13-14H2,(H,24,27)(H,25,29)(H,26,28). The molecule has 30 heavy (non-hydrogen) atoms. The van der Waals surface area contributed by atoms with Crippen molar-refractivity contribution in [1.82, 2.24) is 10.6 Å². The van der Waals surface area contributed by atoms with Crippen molar-refractivity contribution in [3.05, 3.63) is 64.6 Å². The van der Waals surface area contributed by atoms with Gasteiger partial charge in [0.2, 0.25) is 17.7 Å². The van der Waals surface area contributed by atoms with E-state index < -0.39 is 6.04 Å². The van der Waals surface area contributed by atoms with Gasteiger partial charge in [0.1, 0.15) is 6.04 Å². The smallest absolute Gasteiger partial charge is 0.243 e. The lowest BCUT2D eigenvalue weighted by molar-refractivity contribution is -0.128. The minimum Gasteiger partial charge on any atom is -0.352 e. The first-order valence-electron chi connectivity index (χ1n) is 9.76. The van der Waals surface area contributed by atoms with E-state index in [1.165, 1.54) is 11.8 Å². The topological polar surface area (TPSA) is 87.3 Å². The van der Waals surface area contributed by atoms with Crippen LogP contribution in [-0.4, -0.2) is 41.3 Å². The van der Waals surface area contributed by atoms with Crippen molar-refractivity contribution in [3.63, 3.8) is 0 Å². The number of rotatable bonds is 10. The number of hydrogen-bond donors (Lipinski definition) is 3.